The Morgan fingerprint density at radius 2 is 1.18 bits per heavy atom. The smallest absolute Gasteiger partial charge is 0.204 e. The fourth-order valence-electron chi connectivity index (χ4n) is 4.95. The van der Waals surface area contributed by atoms with Crippen molar-refractivity contribution in [2.45, 2.75) is 5.60 Å². The van der Waals surface area contributed by atoms with Gasteiger partial charge in [0.15, 0.2) is 23.0 Å². The number of ketones is 2. The fraction of sp³-hybridized carbons (Fsp3) is 0.0714. The molecule has 2 aliphatic rings. The van der Waals surface area contributed by atoms with Crippen LogP contribution in [0, 0.1) is 5.92 Å². The average Bonchev–Trinajstić information content (AvgIpc) is 3.22. The standard InChI is InChI=1S/C28H20O10/c29-16-3-12(4-17(30)10-16)1-2-13-9-22(35)28(38)25(13)23(14-5-18(31)11-19(32)6-14)24(27(28)37)15-7-20(33)26(36)21(34)8-15/h1-11,25,29-34,36,38H/b2-1+/t25-,28+/m0/s1. The van der Waals surface area contributed by atoms with Crippen LogP contribution in [0.2, 0.25) is 0 Å². The Kier molecular flexibility index (Phi) is 5.43. The van der Waals surface area contributed by atoms with Crippen LogP contribution in [0.1, 0.15) is 16.7 Å². The Labute approximate surface area is 214 Å². The maximum atomic E-state index is 13.7. The molecule has 0 aromatic heterocycles. The van der Waals surface area contributed by atoms with Crippen molar-refractivity contribution in [1.29, 1.82) is 0 Å². The number of aromatic hydroxyl groups is 7. The summed E-state index contributed by atoms with van der Waals surface area (Å²) in [5.74, 6) is -6.96. The third-order valence-corrected chi connectivity index (χ3v) is 6.52. The third-order valence-electron chi connectivity index (χ3n) is 6.52. The summed E-state index contributed by atoms with van der Waals surface area (Å²) in [7, 11) is 0. The molecule has 0 heterocycles. The molecule has 0 aliphatic heterocycles. The molecule has 10 nitrogen and oxygen atoms in total. The first-order chi connectivity index (χ1) is 17.9. The summed E-state index contributed by atoms with van der Waals surface area (Å²) in [6.07, 6.45) is 3.90. The van der Waals surface area contributed by atoms with Crippen molar-refractivity contribution in [2.24, 2.45) is 5.92 Å². The molecular weight excluding hydrogens is 496 g/mol. The molecule has 3 aromatic rings. The lowest BCUT2D eigenvalue weighted by molar-refractivity contribution is -0.143. The molecule has 0 radical (unpaired) electrons. The summed E-state index contributed by atoms with van der Waals surface area (Å²) in [6.45, 7) is 0. The van der Waals surface area contributed by atoms with E-state index < -0.39 is 40.3 Å². The number of phenols is 7. The second kappa shape index (κ2) is 8.43. The van der Waals surface area contributed by atoms with Crippen molar-refractivity contribution in [3.05, 3.63) is 82.9 Å². The van der Waals surface area contributed by atoms with Crippen molar-refractivity contribution in [2.75, 3.05) is 0 Å². The molecule has 38 heavy (non-hydrogen) atoms. The third kappa shape index (κ3) is 3.71. The SMILES string of the molecule is O=C1C=C(/C=C/c2cc(O)cc(O)c2)[C@H]2C(c3cc(O)cc(O)c3)=C(c3cc(O)c(O)c(O)c3)C(=O)[C@@]12O. The molecule has 0 bridgehead atoms. The van der Waals surface area contributed by atoms with Crippen LogP contribution in [0.15, 0.2) is 66.3 Å². The number of allylic oxidation sites excluding steroid dienone is 1. The predicted octanol–water partition coefficient (Wildman–Crippen LogP) is 2.69. The summed E-state index contributed by atoms with van der Waals surface area (Å²) < 4.78 is 0. The summed E-state index contributed by atoms with van der Waals surface area (Å²) in [5.41, 5.74) is -2.53. The van der Waals surface area contributed by atoms with Gasteiger partial charge in [0.2, 0.25) is 11.4 Å². The first-order valence-corrected chi connectivity index (χ1v) is 11.2. The zero-order chi connectivity index (χ0) is 27.5. The Bertz CT molecular complexity index is 1580. The molecule has 192 valence electrons. The first-order valence-electron chi connectivity index (χ1n) is 11.2. The van der Waals surface area contributed by atoms with Gasteiger partial charge in [0, 0.05) is 17.7 Å². The van der Waals surface area contributed by atoms with Crippen LogP contribution < -0.4 is 0 Å². The van der Waals surface area contributed by atoms with E-state index in [1.54, 1.807) is 0 Å². The molecule has 5 rings (SSSR count). The molecule has 10 heteroatoms. The lowest BCUT2D eigenvalue weighted by atomic mass is 9.82. The number of carbonyl (C=O) groups is 2. The van der Waals surface area contributed by atoms with Crippen molar-refractivity contribution < 1.29 is 50.4 Å². The number of rotatable bonds is 4. The number of benzene rings is 3. The van der Waals surface area contributed by atoms with E-state index >= 15 is 0 Å². The monoisotopic (exact) mass is 516 g/mol. The lowest BCUT2D eigenvalue weighted by Gasteiger charge is -2.23. The zero-order valence-corrected chi connectivity index (χ0v) is 19.3. The molecule has 3 aromatic carbocycles. The van der Waals surface area contributed by atoms with Gasteiger partial charge >= 0.3 is 0 Å². The maximum Gasteiger partial charge on any atom is 0.204 e. The van der Waals surface area contributed by atoms with Crippen LogP contribution >= 0.6 is 0 Å². The number of carbonyl (C=O) groups excluding carboxylic acids is 2. The van der Waals surface area contributed by atoms with E-state index in [-0.39, 0.29) is 50.8 Å². The Morgan fingerprint density at radius 3 is 1.74 bits per heavy atom. The van der Waals surface area contributed by atoms with E-state index in [0.29, 0.717) is 5.56 Å². The highest BCUT2D eigenvalue weighted by atomic mass is 16.3. The van der Waals surface area contributed by atoms with Gasteiger partial charge in [-0.05, 0) is 70.3 Å². The summed E-state index contributed by atoms with van der Waals surface area (Å²) in [5, 5.41) is 81.3. The molecule has 0 saturated heterocycles. The van der Waals surface area contributed by atoms with Gasteiger partial charge in [-0.1, -0.05) is 12.2 Å². The first kappa shape index (κ1) is 24.5. The highest BCUT2D eigenvalue weighted by Crippen LogP contribution is 2.55. The lowest BCUT2D eigenvalue weighted by Crippen LogP contribution is -2.45. The molecule has 0 spiro atoms. The van der Waals surface area contributed by atoms with Crippen molar-refractivity contribution >= 4 is 28.8 Å². The van der Waals surface area contributed by atoms with Gasteiger partial charge in [0.1, 0.15) is 23.0 Å². The molecule has 2 atom stereocenters. The van der Waals surface area contributed by atoms with Crippen LogP contribution in [-0.4, -0.2) is 58.0 Å². The van der Waals surface area contributed by atoms with E-state index in [1.807, 2.05) is 0 Å². The predicted molar refractivity (Wildman–Crippen MR) is 133 cm³/mol. The van der Waals surface area contributed by atoms with Crippen molar-refractivity contribution in [1.82, 2.24) is 0 Å². The van der Waals surface area contributed by atoms with E-state index in [1.165, 1.54) is 36.4 Å². The minimum absolute atomic E-state index is 0.00584. The van der Waals surface area contributed by atoms with Gasteiger partial charge < -0.3 is 40.9 Å². The van der Waals surface area contributed by atoms with Gasteiger partial charge in [0.05, 0.1) is 5.92 Å². The van der Waals surface area contributed by atoms with Gasteiger partial charge in [-0.2, -0.15) is 0 Å². The van der Waals surface area contributed by atoms with E-state index in [0.717, 1.165) is 30.3 Å². The Hall–Kier alpha value is -5.22. The van der Waals surface area contributed by atoms with E-state index in [9.17, 15) is 50.4 Å². The number of hydrogen-bond acceptors (Lipinski definition) is 10. The molecule has 0 fully saturated rings. The highest BCUT2D eigenvalue weighted by Gasteiger charge is 2.62. The Morgan fingerprint density at radius 1 is 0.658 bits per heavy atom. The number of fused-ring (bicyclic) bond motifs is 1. The van der Waals surface area contributed by atoms with Crippen LogP contribution in [0.4, 0.5) is 0 Å². The van der Waals surface area contributed by atoms with Crippen molar-refractivity contribution in [3.63, 3.8) is 0 Å². The van der Waals surface area contributed by atoms with Crippen molar-refractivity contribution in [3.8, 4) is 40.2 Å². The van der Waals surface area contributed by atoms with Crippen LogP contribution in [0.3, 0.4) is 0 Å². The largest absolute Gasteiger partial charge is 0.508 e. The van der Waals surface area contributed by atoms with Gasteiger partial charge in [0.25, 0.3) is 0 Å². The molecule has 8 N–H and O–H groups in total. The van der Waals surface area contributed by atoms with Crippen LogP contribution in [0.5, 0.6) is 40.2 Å². The van der Waals surface area contributed by atoms with E-state index in [2.05, 4.69) is 0 Å². The van der Waals surface area contributed by atoms with Crippen LogP contribution in [0.25, 0.3) is 17.2 Å². The Balaban J connectivity index is 1.76. The van der Waals surface area contributed by atoms with Gasteiger partial charge in [-0.15, -0.1) is 0 Å². The molecule has 0 saturated carbocycles. The van der Waals surface area contributed by atoms with Gasteiger partial charge in [-0.25, -0.2) is 0 Å². The fourth-order valence-corrected chi connectivity index (χ4v) is 4.95. The number of aliphatic hydroxyl groups is 1. The second-order valence-corrected chi connectivity index (χ2v) is 9.04. The maximum absolute atomic E-state index is 13.7. The van der Waals surface area contributed by atoms with E-state index in [4.69, 9.17) is 0 Å². The molecule has 0 unspecified atom stereocenters. The molecule has 2 aliphatic carbocycles. The minimum atomic E-state index is -2.63. The highest BCUT2D eigenvalue weighted by molar-refractivity contribution is 6.43. The number of hydrogen-bond donors (Lipinski definition) is 8. The summed E-state index contributed by atoms with van der Waals surface area (Å²) in [4.78, 5) is 26.8. The second-order valence-electron chi connectivity index (χ2n) is 9.04. The summed E-state index contributed by atoms with van der Waals surface area (Å²) in [6, 6.07) is 9.15. The summed E-state index contributed by atoms with van der Waals surface area (Å²) >= 11 is 0. The average molecular weight is 516 g/mol. The molecular formula is C28H20O10. The topological polar surface area (TPSA) is 196 Å². The zero-order valence-electron chi connectivity index (χ0n) is 19.3. The van der Waals surface area contributed by atoms with Gasteiger partial charge in [-0.3, -0.25) is 9.59 Å². The number of phenolic OH excluding ortho intramolecular Hbond substituents is 7. The minimum Gasteiger partial charge on any atom is -0.508 e. The quantitative estimate of drug-likeness (QED) is 0.189. The normalized spacial score (nSPS) is 20.9. The van der Waals surface area contributed by atoms with Crippen LogP contribution in [-0.2, 0) is 9.59 Å². The number of Topliss-reactive ketones (excluding diaryl/α,β-unsaturated/α-hetero) is 1. The molecule has 0 amide bonds.